The lowest BCUT2D eigenvalue weighted by atomic mass is 9.87. The Morgan fingerprint density at radius 1 is 1.05 bits per heavy atom. The Hall–Kier alpha value is -2.60. The Balaban J connectivity index is 2.07. The monoisotopic (exact) mass is 275 g/mol. The van der Waals surface area contributed by atoms with Gasteiger partial charge in [0.05, 0.1) is 11.1 Å². The summed E-state index contributed by atoms with van der Waals surface area (Å²) in [6.07, 6.45) is 0. The SMILES string of the molecule is CC(C)(C)c1ccc(-c2nc3c(C#N)cccc3[nH]2)cc1. The van der Waals surface area contributed by atoms with Crippen LogP contribution in [-0.4, -0.2) is 9.97 Å². The van der Waals surface area contributed by atoms with Crippen molar-refractivity contribution in [1.29, 1.82) is 5.26 Å². The number of fused-ring (bicyclic) bond motifs is 1. The summed E-state index contributed by atoms with van der Waals surface area (Å²) in [6, 6.07) is 16.2. The highest BCUT2D eigenvalue weighted by Gasteiger charge is 2.14. The van der Waals surface area contributed by atoms with Crippen LogP contribution in [0.1, 0.15) is 31.9 Å². The number of H-pyrrole nitrogens is 1. The van der Waals surface area contributed by atoms with Crippen LogP contribution >= 0.6 is 0 Å². The number of nitrogens with zero attached hydrogens (tertiary/aromatic N) is 2. The van der Waals surface area contributed by atoms with E-state index >= 15 is 0 Å². The van der Waals surface area contributed by atoms with Gasteiger partial charge in [0.15, 0.2) is 0 Å². The molecule has 0 aliphatic rings. The molecule has 21 heavy (non-hydrogen) atoms. The van der Waals surface area contributed by atoms with Crippen molar-refractivity contribution < 1.29 is 0 Å². The number of hydrogen-bond donors (Lipinski definition) is 1. The Labute approximate surface area is 124 Å². The second-order valence-electron chi connectivity index (χ2n) is 6.23. The molecular formula is C18H17N3. The number of hydrogen-bond acceptors (Lipinski definition) is 2. The molecule has 0 atom stereocenters. The van der Waals surface area contributed by atoms with Gasteiger partial charge in [-0.2, -0.15) is 5.26 Å². The number of aromatic amines is 1. The third-order valence-electron chi connectivity index (χ3n) is 3.66. The van der Waals surface area contributed by atoms with E-state index in [0.29, 0.717) is 5.56 Å². The summed E-state index contributed by atoms with van der Waals surface area (Å²) in [6.45, 7) is 6.59. The molecule has 3 nitrogen and oxygen atoms in total. The first kappa shape index (κ1) is 13.4. The van der Waals surface area contributed by atoms with Gasteiger partial charge in [-0.25, -0.2) is 4.98 Å². The standard InChI is InChI=1S/C18H17N3/c1-18(2,3)14-9-7-12(8-10-14)17-20-15-6-4-5-13(11-19)16(15)21-17/h4-10H,1-3H3,(H,20,21). The first-order valence-electron chi connectivity index (χ1n) is 6.99. The first-order valence-corrected chi connectivity index (χ1v) is 6.99. The Kier molecular flexibility index (Phi) is 3.03. The van der Waals surface area contributed by atoms with Crippen molar-refractivity contribution in [2.24, 2.45) is 0 Å². The second kappa shape index (κ2) is 4.75. The molecule has 0 saturated heterocycles. The van der Waals surface area contributed by atoms with Crippen molar-refractivity contribution in [3.05, 3.63) is 53.6 Å². The van der Waals surface area contributed by atoms with E-state index in [1.165, 1.54) is 5.56 Å². The van der Waals surface area contributed by atoms with Crippen LogP contribution < -0.4 is 0 Å². The fraction of sp³-hybridized carbons (Fsp3) is 0.222. The average Bonchev–Trinajstić information content (AvgIpc) is 2.90. The molecule has 1 N–H and O–H groups in total. The Bertz CT molecular complexity index is 828. The van der Waals surface area contributed by atoms with Crippen LogP contribution in [0.25, 0.3) is 22.4 Å². The topological polar surface area (TPSA) is 52.5 Å². The number of imidazole rings is 1. The first-order chi connectivity index (χ1) is 9.99. The van der Waals surface area contributed by atoms with Gasteiger partial charge in [-0.15, -0.1) is 0 Å². The van der Waals surface area contributed by atoms with Crippen LogP contribution in [-0.2, 0) is 5.41 Å². The zero-order chi connectivity index (χ0) is 15.0. The zero-order valence-electron chi connectivity index (χ0n) is 12.4. The Morgan fingerprint density at radius 3 is 2.38 bits per heavy atom. The minimum atomic E-state index is 0.139. The molecule has 0 spiro atoms. The fourth-order valence-electron chi connectivity index (χ4n) is 2.39. The van der Waals surface area contributed by atoms with Crippen LogP contribution in [0.2, 0.25) is 0 Å². The summed E-state index contributed by atoms with van der Waals surface area (Å²) < 4.78 is 0. The van der Waals surface area contributed by atoms with Crippen molar-refractivity contribution in [2.45, 2.75) is 26.2 Å². The third kappa shape index (κ3) is 2.41. The van der Waals surface area contributed by atoms with Crippen LogP contribution in [0.3, 0.4) is 0 Å². The van der Waals surface area contributed by atoms with E-state index in [4.69, 9.17) is 5.26 Å². The molecule has 0 aliphatic carbocycles. The molecule has 3 aromatic rings. The van der Waals surface area contributed by atoms with Gasteiger partial charge >= 0.3 is 0 Å². The predicted molar refractivity (Wildman–Crippen MR) is 84.9 cm³/mol. The maximum absolute atomic E-state index is 9.14. The number of para-hydroxylation sites is 1. The number of nitrogens with one attached hydrogen (secondary N) is 1. The molecule has 0 saturated carbocycles. The average molecular weight is 275 g/mol. The van der Waals surface area contributed by atoms with Crippen molar-refractivity contribution >= 4 is 11.0 Å². The zero-order valence-corrected chi connectivity index (χ0v) is 12.4. The maximum Gasteiger partial charge on any atom is 0.138 e. The number of benzene rings is 2. The minimum absolute atomic E-state index is 0.139. The maximum atomic E-state index is 9.14. The van der Waals surface area contributed by atoms with E-state index in [9.17, 15) is 0 Å². The van der Waals surface area contributed by atoms with Gasteiger partial charge in [0.1, 0.15) is 17.4 Å². The summed E-state index contributed by atoms with van der Waals surface area (Å²) in [4.78, 5) is 7.85. The molecule has 3 rings (SSSR count). The summed E-state index contributed by atoms with van der Waals surface area (Å²) in [5.41, 5.74) is 4.68. The van der Waals surface area contributed by atoms with Crippen LogP contribution in [0.15, 0.2) is 42.5 Å². The van der Waals surface area contributed by atoms with Crippen molar-refractivity contribution in [1.82, 2.24) is 9.97 Å². The van der Waals surface area contributed by atoms with E-state index in [1.54, 1.807) is 6.07 Å². The summed E-state index contributed by atoms with van der Waals surface area (Å²) in [5.74, 6) is 0.799. The van der Waals surface area contributed by atoms with Gasteiger partial charge in [-0.1, -0.05) is 51.1 Å². The molecule has 0 unspecified atom stereocenters. The molecule has 104 valence electrons. The van der Waals surface area contributed by atoms with E-state index in [0.717, 1.165) is 22.4 Å². The largest absolute Gasteiger partial charge is 0.338 e. The smallest absolute Gasteiger partial charge is 0.138 e. The lowest BCUT2D eigenvalue weighted by Crippen LogP contribution is -2.10. The molecular weight excluding hydrogens is 258 g/mol. The van der Waals surface area contributed by atoms with Gasteiger partial charge in [0.2, 0.25) is 0 Å². The summed E-state index contributed by atoms with van der Waals surface area (Å²) in [5, 5.41) is 9.14. The molecule has 0 amide bonds. The van der Waals surface area contributed by atoms with Crippen molar-refractivity contribution in [3.63, 3.8) is 0 Å². The van der Waals surface area contributed by atoms with Gasteiger partial charge in [-0.05, 0) is 23.1 Å². The molecule has 0 radical (unpaired) electrons. The molecule has 2 aromatic carbocycles. The van der Waals surface area contributed by atoms with E-state index in [-0.39, 0.29) is 5.41 Å². The molecule has 0 aliphatic heterocycles. The highest BCUT2D eigenvalue weighted by molar-refractivity contribution is 5.84. The quantitative estimate of drug-likeness (QED) is 0.715. The summed E-state index contributed by atoms with van der Waals surface area (Å²) in [7, 11) is 0. The van der Waals surface area contributed by atoms with Gasteiger partial charge < -0.3 is 4.98 Å². The molecule has 3 heteroatoms. The van der Waals surface area contributed by atoms with Crippen molar-refractivity contribution in [2.75, 3.05) is 0 Å². The lowest BCUT2D eigenvalue weighted by Gasteiger charge is -2.18. The minimum Gasteiger partial charge on any atom is -0.338 e. The van der Waals surface area contributed by atoms with Gasteiger partial charge in [0, 0.05) is 5.56 Å². The van der Waals surface area contributed by atoms with Crippen LogP contribution in [0.5, 0.6) is 0 Å². The molecule has 0 fully saturated rings. The van der Waals surface area contributed by atoms with Crippen LogP contribution in [0, 0.1) is 11.3 Å². The number of nitriles is 1. The van der Waals surface area contributed by atoms with Crippen molar-refractivity contribution in [3.8, 4) is 17.5 Å². The van der Waals surface area contributed by atoms with E-state index < -0.39 is 0 Å². The normalized spacial score (nSPS) is 11.5. The summed E-state index contributed by atoms with van der Waals surface area (Å²) >= 11 is 0. The lowest BCUT2D eigenvalue weighted by molar-refractivity contribution is 0.590. The second-order valence-corrected chi connectivity index (χ2v) is 6.23. The van der Waals surface area contributed by atoms with E-state index in [2.05, 4.69) is 61.1 Å². The predicted octanol–water partition coefficient (Wildman–Crippen LogP) is 4.40. The Morgan fingerprint density at radius 2 is 1.76 bits per heavy atom. The van der Waals surface area contributed by atoms with Gasteiger partial charge in [0.25, 0.3) is 0 Å². The molecule has 1 heterocycles. The number of rotatable bonds is 1. The highest BCUT2D eigenvalue weighted by atomic mass is 14.9. The molecule has 1 aromatic heterocycles. The molecule has 0 bridgehead atoms. The fourth-order valence-corrected chi connectivity index (χ4v) is 2.39. The van der Waals surface area contributed by atoms with Gasteiger partial charge in [-0.3, -0.25) is 0 Å². The van der Waals surface area contributed by atoms with E-state index in [1.807, 2.05) is 12.1 Å². The number of aromatic nitrogens is 2. The third-order valence-corrected chi connectivity index (χ3v) is 3.66. The van der Waals surface area contributed by atoms with Crippen LogP contribution in [0.4, 0.5) is 0 Å². The highest BCUT2D eigenvalue weighted by Crippen LogP contribution is 2.26.